The number of aryl methyl sites for hydroxylation is 1. The van der Waals surface area contributed by atoms with Crippen molar-refractivity contribution in [3.63, 3.8) is 0 Å². The average molecular weight is 384 g/mol. The third kappa shape index (κ3) is 4.54. The van der Waals surface area contributed by atoms with Gasteiger partial charge in [0, 0.05) is 26.2 Å². The Labute approximate surface area is 162 Å². The van der Waals surface area contributed by atoms with Crippen LogP contribution in [-0.2, 0) is 18.4 Å². The number of hydrogen-bond acceptors (Lipinski definition) is 4. The number of carbonyl (C=O) groups excluding carboxylic acids is 1. The highest BCUT2D eigenvalue weighted by Gasteiger charge is 2.16. The highest BCUT2D eigenvalue weighted by atomic mass is 32.2. The molecule has 2 aromatic carbocycles. The minimum atomic E-state index is -0.300. The van der Waals surface area contributed by atoms with Crippen LogP contribution >= 0.6 is 11.8 Å². The Morgan fingerprint density at radius 1 is 1.19 bits per heavy atom. The molecule has 3 aromatic rings. The van der Waals surface area contributed by atoms with Crippen molar-refractivity contribution in [2.45, 2.75) is 18.6 Å². The van der Waals surface area contributed by atoms with Gasteiger partial charge in [0.2, 0.25) is 5.91 Å². The van der Waals surface area contributed by atoms with Crippen LogP contribution in [0.15, 0.2) is 53.7 Å². The Kier molecular flexibility index (Phi) is 5.91. The maximum Gasteiger partial charge on any atom is 0.233 e. The van der Waals surface area contributed by atoms with E-state index >= 15 is 0 Å². The molecule has 5 nitrogen and oxygen atoms in total. The molecule has 0 spiro atoms. The van der Waals surface area contributed by atoms with Gasteiger partial charge in [0.25, 0.3) is 0 Å². The molecule has 0 aliphatic carbocycles. The lowest BCUT2D eigenvalue weighted by atomic mass is 10.1. The molecule has 7 heteroatoms. The predicted octanol–water partition coefficient (Wildman–Crippen LogP) is 3.68. The minimum absolute atomic E-state index is 0.0512. The summed E-state index contributed by atoms with van der Waals surface area (Å²) in [4.78, 5) is 14.0. The SMILES string of the molecule is Cc1ccccc1-c1nnc(SCC(=O)N(C)Cc2cccc(F)c2)n1C. The van der Waals surface area contributed by atoms with Gasteiger partial charge in [0.1, 0.15) is 5.82 Å². The Bertz CT molecular complexity index is 957. The van der Waals surface area contributed by atoms with Gasteiger partial charge in [-0.05, 0) is 30.2 Å². The Hall–Kier alpha value is -2.67. The number of thioether (sulfide) groups is 1. The fourth-order valence-electron chi connectivity index (χ4n) is 2.73. The molecule has 0 N–H and O–H groups in total. The third-order valence-corrected chi connectivity index (χ3v) is 5.29. The normalized spacial score (nSPS) is 10.8. The van der Waals surface area contributed by atoms with Crippen molar-refractivity contribution in [1.82, 2.24) is 19.7 Å². The van der Waals surface area contributed by atoms with Gasteiger partial charge in [0.15, 0.2) is 11.0 Å². The van der Waals surface area contributed by atoms with E-state index in [0.29, 0.717) is 11.7 Å². The molecule has 0 radical (unpaired) electrons. The van der Waals surface area contributed by atoms with Crippen LogP contribution in [0.3, 0.4) is 0 Å². The molecule has 1 aromatic heterocycles. The van der Waals surface area contributed by atoms with E-state index in [-0.39, 0.29) is 17.5 Å². The summed E-state index contributed by atoms with van der Waals surface area (Å²) in [7, 11) is 3.61. The zero-order chi connectivity index (χ0) is 19.4. The largest absolute Gasteiger partial charge is 0.341 e. The molecular formula is C20H21FN4OS. The highest BCUT2D eigenvalue weighted by Crippen LogP contribution is 2.25. The van der Waals surface area contributed by atoms with E-state index < -0.39 is 0 Å². The molecule has 0 atom stereocenters. The molecule has 140 valence electrons. The highest BCUT2D eigenvalue weighted by molar-refractivity contribution is 7.99. The molecule has 0 fully saturated rings. The van der Waals surface area contributed by atoms with Crippen LogP contribution in [0.25, 0.3) is 11.4 Å². The van der Waals surface area contributed by atoms with Crippen LogP contribution < -0.4 is 0 Å². The van der Waals surface area contributed by atoms with E-state index in [1.807, 2.05) is 42.8 Å². The summed E-state index contributed by atoms with van der Waals surface area (Å²) in [6, 6.07) is 14.3. The lowest BCUT2D eigenvalue weighted by Crippen LogP contribution is -2.27. The van der Waals surface area contributed by atoms with Crippen molar-refractivity contribution < 1.29 is 9.18 Å². The van der Waals surface area contributed by atoms with Crippen molar-refractivity contribution in [3.05, 3.63) is 65.5 Å². The van der Waals surface area contributed by atoms with Crippen molar-refractivity contribution in [3.8, 4) is 11.4 Å². The first-order valence-corrected chi connectivity index (χ1v) is 9.51. The van der Waals surface area contributed by atoms with Gasteiger partial charge in [0.05, 0.1) is 5.75 Å². The molecule has 0 unspecified atom stereocenters. The van der Waals surface area contributed by atoms with Gasteiger partial charge in [-0.3, -0.25) is 4.79 Å². The number of aromatic nitrogens is 3. The van der Waals surface area contributed by atoms with Crippen LogP contribution in [-0.4, -0.2) is 38.4 Å². The number of halogens is 1. The topological polar surface area (TPSA) is 51.0 Å². The van der Waals surface area contributed by atoms with Crippen LogP contribution in [0.1, 0.15) is 11.1 Å². The van der Waals surface area contributed by atoms with Gasteiger partial charge in [-0.1, -0.05) is 48.2 Å². The summed E-state index contributed by atoms with van der Waals surface area (Å²) in [6.07, 6.45) is 0. The number of hydrogen-bond donors (Lipinski definition) is 0. The second-order valence-electron chi connectivity index (χ2n) is 6.35. The number of nitrogens with zero attached hydrogens (tertiary/aromatic N) is 4. The molecule has 27 heavy (non-hydrogen) atoms. The van der Waals surface area contributed by atoms with Crippen LogP contribution in [0.4, 0.5) is 4.39 Å². The monoisotopic (exact) mass is 384 g/mol. The number of benzene rings is 2. The third-order valence-electron chi connectivity index (χ3n) is 4.28. The first kappa shape index (κ1) is 19.1. The molecule has 0 saturated heterocycles. The van der Waals surface area contributed by atoms with Gasteiger partial charge in [-0.2, -0.15) is 0 Å². The zero-order valence-electron chi connectivity index (χ0n) is 15.5. The van der Waals surface area contributed by atoms with Crippen LogP contribution in [0.2, 0.25) is 0 Å². The summed E-state index contributed by atoms with van der Waals surface area (Å²) >= 11 is 1.34. The second-order valence-corrected chi connectivity index (χ2v) is 7.29. The number of carbonyl (C=O) groups is 1. The molecular weight excluding hydrogens is 363 g/mol. The average Bonchev–Trinajstić information content (AvgIpc) is 3.00. The van der Waals surface area contributed by atoms with E-state index in [4.69, 9.17) is 0 Å². The van der Waals surface area contributed by atoms with Gasteiger partial charge in [-0.15, -0.1) is 10.2 Å². The second kappa shape index (κ2) is 8.35. The van der Waals surface area contributed by atoms with Gasteiger partial charge < -0.3 is 9.47 Å². The summed E-state index contributed by atoms with van der Waals surface area (Å²) in [5, 5.41) is 9.17. The van der Waals surface area contributed by atoms with E-state index in [1.165, 1.54) is 23.9 Å². The maximum atomic E-state index is 13.3. The first-order valence-electron chi connectivity index (χ1n) is 8.52. The molecule has 0 saturated carbocycles. The zero-order valence-corrected chi connectivity index (χ0v) is 16.3. The fraction of sp³-hybridized carbons (Fsp3) is 0.250. The lowest BCUT2D eigenvalue weighted by Gasteiger charge is -2.17. The lowest BCUT2D eigenvalue weighted by molar-refractivity contribution is -0.127. The summed E-state index contributed by atoms with van der Waals surface area (Å²) in [6.45, 7) is 2.40. The Morgan fingerprint density at radius 3 is 2.70 bits per heavy atom. The molecule has 1 amide bonds. The van der Waals surface area contributed by atoms with Crippen molar-refractivity contribution in [1.29, 1.82) is 0 Å². The quantitative estimate of drug-likeness (QED) is 0.609. The molecule has 1 heterocycles. The summed E-state index contributed by atoms with van der Waals surface area (Å²) in [5.74, 6) is 0.664. The van der Waals surface area contributed by atoms with E-state index in [1.54, 1.807) is 24.1 Å². The van der Waals surface area contributed by atoms with Gasteiger partial charge in [-0.25, -0.2) is 4.39 Å². The molecule has 3 rings (SSSR count). The maximum absolute atomic E-state index is 13.3. The standard InChI is InChI=1S/C20H21FN4OS/c1-14-7-4-5-10-17(14)19-22-23-20(25(19)3)27-13-18(26)24(2)12-15-8-6-9-16(21)11-15/h4-11H,12-13H2,1-3H3. The molecule has 0 bridgehead atoms. The molecule has 0 aliphatic heterocycles. The first-order chi connectivity index (χ1) is 13.0. The van der Waals surface area contributed by atoms with E-state index in [9.17, 15) is 9.18 Å². The Balaban J connectivity index is 1.63. The molecule has 0 aliphatic rings. The summed E-state index contributed by atoms with van der Waals surface area (Å²) < 4.78 is 15.2. The fourth-order valence-corrected chi connectivity index (χ4v) is 3.58. The number of amides is 1. The van der Waals surface area contributed by atoms with E-state index in [2.05, 4.69) is 10.2 Å². The van der Waals surface area contributed by atoms with Crippen molar-refractivity contribution in [2.75, 3.05) is 12.8 Å². The minimum Gasteiger partial charge on any atom is -0.341 e. The predicted molar refractivity (Wildman–Crippen MR) is 105 cm³/mol. The number of rotatable bonds is 6. The smallest absolute Gasteiger partial charge is 0.233 e. The van der Waals surface area contributed by atoms with E-state index in [0.717, 1.165) is 22.5 Å². The van der Waals surface area contributed by atoms with Gasteiger partial charge >= 0.3 is 0 Å². The van der Waals surface area contributed by atoms with Crippen molar-refractivity contribution in [2.24, 2.45) is 7.05 Å². The van der Waals surface area contributed by atoms with Crippen LogP contribution in [0, 0.1) is 12.7 Å². The van der Waals surface area contributed by atoms with Crippen LogP contribution in [0.5, 0.6) is 0 Å². The van der Waals surface area contributed by atoms with Crippen molar-refractivity contribution >= 4 is 17.7 Å². The Morgan fingerprint density at radius 2 is 1.96 bits per heavy atom. The summed E-state index contributed by atoms with van der Waals surface area (Å²) in [5.41, 5.74) is 2.90.